The maximum atomic E-state index is 13.5. The Morgan fingerprint density at radius 2 is 1.40 bits per heavy atom. The first-order valence-corrected chi connectivity index (χ1v) is 13.6. The standard InChI is InChI=1S/C27H29Cl2F6N3O2.2ClH/c28-23-3-2-18(13-24(23)29)12-22-17-37(5-1-4-36-8-10-40-11-9-36)6-7-38(22)25(39)19-14-20(26(30,31)32)16-21(15-19)27(33,34)35;;/h2-3,13-16,22H,1,4-12,17H2;2*1H/t22-;;/m1../s1. The van der Waals surface area contributed by atoms with Gasteiger partial charge in [-0.15, -0.1) is 24.8 Å². The lowest BCUT2D eigenvalue weighted by Gasteiger charge is -2.42. The number of benzene rings is 2. The van der Waals surface area contributed by atoms with Gasteiger partial charge in [-0.1, -0.05) is 29.3 Å². The fourth-order valence-electron chi connectivity index (χ4n) is 5.09. The van der Waals surface area contributed by atoms with Crippen molar-refractivity contribution in [3.63, 3.8) is 0 Å². The van der Waals surface area contributed by atoms with Crippen LogP contribution in [0.15, 0.2) is 36.4 Å². The number of nitrogens with zero attached hydrogens (tertiary/aromatic N) is 3. The number of ether oxygens (including phenoxy) is 1. The van der Waals surface area contributed by atoms with Gasteiger partial charge in [-0.25, -0.2) is 0 Å². The molecule has 5 nitrogen and oxygen atoms in total. The second kappa shape index (κ2) is 15.5. The molecular weight excluding hydrogens is 654 g/mol. The van der Waals surface area contributed by atoms with E-state index in [0.29, 0.717) is 54.9 Å². The van der Waals surface area contributed by atoms with Crippen molar-refractivity contribution in [3.05, 3.63) is 68.7 Å². The largest absolute Gasteiger partial charge is 0.416 e. The number of carbonyl (C=O) groups excluding carboxylic acids is 1. The molecule has 2 saturated heterocycles. The van der Waals surface area contributed by atoms with Crippen molar-refractivity contribution < 1.29 is 35.9 Å². The molecule has 0 saturated carbocycles. The molecule has 236 valence electrons. The molecule has 2 aliphatic heterocycles. The van der Waals surface area contributed by atoms with Crippen LogP contribution in [-0.4, -0.2) is 85.7 Å². The lowest BCUT2D eigenvalue weighted by atomic mass is 9.99. The second-order valence-electron chi connectivity index (χ2n) is 10.0. The number of hydrogen-bond acceptors (Lipinski definition) is 4. The Kier molecular flexibility index (Phi) is 13.6. The predicted molar refractivity (Wildman–Crippen MR) is 154 cm³/mol. The minimum Gasteiger partial charge on any atom is -0.379 e. The molecule has 2 aromatic rings. The second-order valence-corrected chi connectivity index (χ2v) is 10.8. The molecule has 0 aromatic heterocycles. The minimum absolute atomic E-state index is 0. The molecule has 42 heavy (non-hydrogen) atoms. The van der Waals surface area contributed by atoms with Crippen molar-refractivity contribution in [2.75, 3.05) is 59.0 Å². The number of alkyl halides is 6. The van der Waals surface area contributed by atoms with Crippen LogP contribution in [0.5, 0.6) is 0 Å². The van der Waals surface area contributed by atoms with Crippen LogP contribution in [0.3, 0.4) is 0 Å². The number of carbonyl (C=O) groups is 1. The van der Waals surface area contributed by atoms with E-state index in [9.17, 15) is 31.1 Å². The van der Waals surface area contributed by atoms with E-state index >= 15 is 0 Å². The zero-order valence-electron chi connectivity index (χ0n) is 22.3. The minimum atomic E-state index is -5.05. The first-order chi connectivity index (χ1) is 18.8. The summed E-state index contributed by atoms with van der Waals surface area (Å²) in [5.41, 5.74) is -2.95. The van der Waals surface area contributed by atoms with Crippen molar-refractivity contribution in [2.45, 2.75) is 31.2 Å². The number of morpholine rings is 1. The van der Waals surface area contributed by atoms with Crippen LogP contribution in [0.25, 0.3) is 0 Å². The zero-order chi connectivity index (χ0) is 29.1. The van der Waals surface area contributed by atoms with Crippen LogP contribution >= 0.6 is 48.0 Å². The zero-order valence-corrected chi connectivity index (χ0v) is 25.5. The maximum Gasteiger partial charge on any atom is 0.416 e. The number of halogens is 10. The monoisotopic (exact) mass is 683 g/mol. The summed E-state index contributed by atoms with van der Waals surface area (Å²) in [5.74, 6) is -0.880. The highest BCUT2D eigenvalue weighted by atomic mass is 35.5. The van der Waals surface area contributed by atoms with Gasteiger partial charge in [0.2, 0.25) is 0 Å². The van der Waals surface area contributed by atoms with Crippen molar-refractivity contribution in [1.29, 1.82) is 0 Å². The van der Waals surface area contributed by atoms with E-state index in [1.165, 1.54) is 4.90 Å². The highest BCUT2D eigenvalue weighted by molar-refractivity contribution is 6.42. The maximum absolute atomic E-state index is 13.5. The molecule has 0 aliphatic carbocycles. The molecule has 15 heteroatoms. The van der Waals surface area contributed by atoms with Crippen molar-refractivity contribution >= 4 is 53.9 Å². The van der Waals surface area contributed by atoms with E-state index in [1.807, 2.05) is 0 Å². The van der Waals surface area contributed by atoms with Crippen LogP contribution in [0.4, 0.5) is 26.3 Å². The van der Waals surface area contributed by atoms with Gasteiger partial charge in [-0.3, -0.25) is 14.6 Å². The van der Waals surface area contributed by atoms with E-state index in [2.05, 4.69) is 9.80 Å². The Balaban J connectivity index is 0.00000308. The van der Waals surface area contributed by atoms with Gasteiger partial charge in [-0.05, 0) is 61.8 Å². The first-order valence-electron chi connectivity index (χ1n) is 12.9. The van der Waals surface area contributed by atoms with Gasteiger partial charge in [0.05, 0.1) is 34.4 Å². The molecular formula is C27H31Cl4F6N3O2. The molecule has 0 spiro atoms. The van der Waals surface area contributed by atoms with Crippen LogP contribution < -0.4 is 0 Å². The third-order valence-corrected chi connectivity index (χ3v) is 7.91. The molecule has 0 N–H and O–H groups in total. The summed E-state index contributed by atoms with van der Waals surface area (Å²) in [6, 6.07) is 5.49. The quantitative estimate of drug-likeness (QED) is 0.296. The lowest BCUT2D eigenvalue weighted by Crippen LogP contribution is -2.56. The van der Waals surface area contributed by atoms with E-state index in [4.69, 9.17) is 27.9 Å². The summed E-state index contributed by atoms with van der Waals surface area (Å²) in [7, 11) is 0. The van der Waals surface area contributed by atoms with E-state index in [1.54, 1.807) is 18.2 Å². The van der Waals surface area contributed by atoms with Gasteiger partial charge in [0, 0.05) is 44.3 Å². The van der Waals surface area contributed by atoms with Crippen LogP contribution in [0, 0.1) is 0 Å². The SMILES string of the molecule is Cl.Cl.O=C(c1cc(C(F)(F)F)cc(C(F)(F)F)c1)N1CCN(CCCN2CCOCC2)C[C@H]1Cc1ccc(Cl)c(Cl)c1. The van der Waals surface area contributed by atoms with Crippen LogP contribution in [0.2, 0.25) is 10.0 Å². The molecule has 0 unspecified atom stereocenters. The van der Waals surface area contributed by atoms with Gasteiger partial charge in [0.25, 0.3) is 5.91 Å². The molecule has 0 bridgehead atoms. The average Bonchev–Trinajstić information content (AvgIpc) is 2.90. The van der Waals surface area contributed by atoms with E-state index in [0.717, 1.165) is 38.2 Å². The Morgan fingerprint density at radius 1 is 0.810 bits per heavy atom. The Morgan fingerprint density at radius 3 is 1.98 bits per heavy atom. The summed E-state index contributed by atoms with van der Waals surface area (Å²) in [6.45, 7) is 5.72. The smallest absolute Gasteiger partial charge is 0.379 e. The summed E-state index contributed by atoms with van der Waals surface area (Å²) >= 11 is 12.2. The summed E-state index contributed by atoms with van der Waals surface area (Å²) in [6.07, 6.45) is -8.92. The number of rotatable bonds is 7. The predicted octanol–water partition coefficient (Wildman–Crippen LogP) is 6.97. The van der Waals surface area contributed by atoms with Crippen LogP contribution in [0.1, 0.15) is 33.5 Å². The van der Waals surface area contributed by atoms with Gasteiger partial charge in [-0.2, -0.15) is 26.3 Å². The van der Waals surface area contributed by atoms with Gasteiger partial charge >= 0.3 is 12.4 Å². The highest BCUT2D eigenvalue weighted by Crippen LogP contribution is 2.37. The van der Waals surface area contributed by atoms with Gasteiger partial charge in [0.1, 0.15) is 0 Å². The number of piperazine rings is 1. The Hall–Kier alpha value is -1.47. The first kappa shape index (κ1) is 36.7. The molecule has 2 fully saturated rings. The fraction of sp³-hybridized carbons (Fsp3) is 0.519. The molecule has 0 radical (unpaired) electrons. The summed E-state index contributed by atoms with van der Waals surface area (Å²) in [4.78, 5) is 19.4. The fourth-order valence-corrected chi connectivity index (χ4v) is 5.41. The molecule has 2 aromatic carbocycles. The van der Waals surface area contributed by atoms with Gasteiger partial charge < -0.3 is 9.64 Å². The number of hydrogen-bond donors (Lipinski definition) is 0. The Bertz CT molecular complexity index is 1160. The van der Waals surface area contributed by atoms with Crippen LogP contribution in [-0.2, 0) is 23.5 Å². The van der Waals surface area contributed by atoms with Crippen molar-refractivity contribution in [3.8, 4) is 0 Å². The summed E-state index contributed by atoms with van der Waals surface area (Å²) in [5, 5.41) is 0.651. The average molecular weight is 685 g/mol. The van der Waals surface area contributed by atoms with Crippen molar-refractivity contribution in [1.82, 2.24) is 14.7 Å². The molecule has 1 amide bonds. The molecule has 4 rings (SSSR count). The molecule has 1 atom stereocenters. The topological polar surface area (TPSA) is 36.0 Å². The van der Waals surface area contributed by atoms with Gasteiger partial charge in [0.15, 0.2) is 0 Å². The lowest BCUT2D eigenvalue weighted by molar-refractivity contribution is -0.143. The third-order valence-electron chi connectivity index (χ3n) is 7.17. The number of amides is 1. The third kappa shape index (κ3) is 9.77. The highest BCUT2D eigenvalue weighted by Gasteiger charge is 2.39. The molecule has 2 heterocycles. The van der Waals surface area contributed by atoms with E-state index < -0.39 is 41.0 Å². The molecule has 2 aliphatic rings. The summed E-state index contributed by atoms with van der Waals surface area (Å²) < 4.78 is 86.1. The van der Waals surface area contributed by atoms with Crippen molar-refractivity contribution in [2.24, 2.45) is 0 Å². The Labute approximate surface area is 262 Å². The van der Waals surface area contributed by atoms with E-state index in [-0.39, 0.29) is 37.4 Å². The normalized spacial score (nSPS) is 18.8.